The molecule has 2 heterocycles. The lowest BCUT2D eigenvalue weighted by molar-refractivity contribution is -0.389. The molecule has 1 N–H and O–H groups in total. The number of carboxylic acid groups (broad SMARTS) is 1. The number of pyridine rings is 1. The molecule has 0 unspecified atom stereocenters. The SMILES string of the molecule is Cc1cc(C(=O)O)cc(-n2cnc([N+](=O)[O-])c2)n1. The number of aromatic nitrogens is 3. The summed E-state index contributed by atoms with van der Waals surface area (Å²) in [5.41, 5.74) is 0.565. The van der Waals surface area contributed by atoms with Crippen molar-refractivity contribution in [3.05, 3.63) is 46.0 Å². The van der Waals surface area contributed by atoms with E-state index in [1.165, 1.54) is 29.2 Å². The maximum atomic E-state index is 10.9. The minimum Gasteiger partial charge on any atom is -0.478 e. The number of nitrogens with zero attached hydrogens (tertiary/aromatic N) is 4. The van der Waals surface area contributed by atoms with Gasteiger partial charge in [0.05, 0.1) is 5.56 Å². The van der Waals surface area contributed by atoms with Gasteiger partial charge in [0.15, 0.2) is 0 Å². The zero-order valence-corrected chi connectivity index (χ0v) is 9.27. The number of carbonyl (C=O) groups is 1. The van der Waals surface area contributed by atoms with Gasteiger partial charge in [0, 0.05) is 5.69 Å². The fraction of sp³-hybridized carbons (Fsp3) is 0.100. The van der Waals surface area contributed by atoms with E-state index in [-0.39, 0.29) is 17.2 Å². The number of hydrogen-bond acceptors (Lipinski definition) is 5. The molecule has 92 valence electrons. The lowest BCUT2D eigenvalue weighted by atomic mass is 10.2. The standard InChI is InChI=1S/C10H8N4O4/c1-6-2-7(10(15)16)3-8(12-6)13-4-9(11-5-13)14(17)18/h2-5H,1H3,(H,15,16). The van der Waals surface area contributed by atoms with Gasteiger partial charge < -0.3 is 15.2 Å². The Kier molecular flexibility index (Phi) is 2.76. The monoisotopic (exact) mass is 248 g/mol. The van der Waals surface area contributed by atoms with Gasteiger partial charge in [-0.3, -0.25) is 4.57 Å². The minimum absolute atomic E-state index is 0.0638. The predicted octanol–water partition coefficient (Wildman–Crippen LogP) is 1.18. The van der Waals surface area contributed by atoms with Crippen LogP contribution in [0.4, 0.5) is 5.82 Å². The lowest BCUT2D eigenvalue weighted by Gasteiger charge is -2.03. The number of imidazole rings is 1. The molecule has 0 saturated carbocycles. The molecule has 18 heavy (non-hydrogen) atoms. The normalized spacial score (nSPS) is 10.3. The second-order valence-corrected chi connectivity index (χ2v) is 3.56. The molecule has 0 spiro atoms. The Morgan fingerprint density at radius 1 is 1.50 bits per heavy atom. The Labute approximate surface area is 101 Å². The van der Waals surface area contributed by atoms with Crippen molar-refractivity contribution in [1.82, 2.24) is 14.5 Å². The van der Waals surface area contributed by atoms with Gasteiger partial charge in [0.1, 0.15) is 12.0 Å². The van der Waals surface area contributed by atoms with Crippen LogP contribution in [0, 0.1) is 17.0 Å². The molecule has 0 aromatic carbocycles. The van der Waals surface area contributed by atoms with Crippen molar-refractivity contribution in [2.45, 2.75) is 6.92 Å². The van der Waals surface area contributed by atoms with Crippen molar-refractivity contribution in [2.75, 3.05) is 0 Å². The molecule has 0 fully saturated rings. The zero-order valence-electron chi connectivity index (χ0n) is 9.27. The maximum Gasteiger partial charge on any atom is 0.381 e. The van der Waals surface area contributed by atoms with Crippen molar-refractivity contribution in [3.63, 3.8) is 0 Å². The molecule has 8 nitrogen and oxygen atoms in total. The number of nitro groups is 1. The number of aryl methyl sites for hydroxylation is 1. The quantitative estimate of drug-likeness (QED) is 0.644. The molecule has 0 aliphatic heterocycles. The smallest absolute Gasteiger partial charge is 0.381 e. The van der Waals surface area contributed by atoms with Crippen LogP contribution < -0.4 is 0 Å². The molecular weight excluding hydrogens is 240 g/mol. The number of aromatic carboxylic acids is 1. The molecule has 0 bridgehead atoms. The lowest BCUT2D eigenvalue weighted by Crippen LogP contribution is -2.03. The molecule has 2 rings (SSSR count). The maximum absolute atomic E-state index is 10.9. The first-order chi connectivity index (χ1) is 8.47. The summed E-state index contributed by atoms with van der Waals surface area (Å²) in [7, 11) is 0. The van der Waals surface area contributed by atoms with Gasteiger partial charge in [-0.25, -0.2) is 9.78 Å². The summed E-state index contributed by atoms with van der Waals surface area (Å²) in [6.07, 6.45) is 2.39. The Balaban J connectivity index is 2.49. The Hall–Kier alpha value is -2.77. The Bertz CT molecular complexity index is 635. The van der Waals surface area contributed by atoms with E-state index in [0.717, 1.165) is 0 Å². The first-order valence-corrected chi connectivity index (χ1v) is 4.88. The number of hydrogen-bond donors (Lipinski definition) is 1. The van der Waals surface area contributed by atoms with Crippen LogP contribution in [-0.4, -0.2) is 30.5 Å². The molecule has 0 aliphatic carbocycles. The first kappa shape index (κ1) is 11.7. The number of carboxylic acids is 1. The molecular formula is C10H8N4O4. The third-order valence-corrected chi connectivity index (χ3v) is 2.21. The third-order valence-electron chi connectivity index (χ3n) is 2.21. The molecule has 2 aromatic heterocycles. The van der Waals surface area contributed by atoms with Crippen molar-refractivity contribution in [3.8, 4) is 5.82 Å². The molecule has 0 radical (unpaired) electrons. The summed E-state index contributed by atoms with van der Waals surface area (Å²) >= 11 is 0. The first-order valence-electron chi connectivity index (χ1n) is 4.88. The Morgan fingerprint density at radius 2 is 2.22 bits per heavy atom. The van der Waals surface area contributed by atoms with E-state index in [9.17, 15) is 14.9 Å². The highest BCUT2D eigenvalue weighted by Gasteiger charge is 2.13. The van der Waals surface area contributed by atoms with Gasteiger partial charge in [0.25, 0.3) is 0 Å². The van der Waals surface area contributed by atoms with Gasteiger partial charge in [-0.15, -0.1) is 0 Å². The molecule has 0 atom stereocenters. The largest absolute Gasteiger partial charge is 0.478 e. The van der Waals surface area contributed by atoms with Crippen molar-refractivity contribution in [2.24, 2.45) is 0 Å². The molecule has 0 aliphatic rings. The fourth-order valence-electron chi connectivity index (χ4n) is 1.44. The summed E-state index contributed by atoms with van der Waals surface area (Å²) < 4.78 is 1.30. The molecule has 2 aromatic rings. The van der Waals surface area contributed by atoms with Crippen molar-refractivity contribution < 1.29 is 14.8 Å². The van der Waals surface area contributed by atoms with Gasteiger partial charge in [-0.1, -0.05) is 0 Å². The van der Waals surface area contributed by atoms with E-state index in [1.807, 2.05) is 0 Å². The molecule has 8 heteroatoms. The average Bonchev–Trinajstić information content (AvgIpc) is 2.77. The minimum atomic E-state index is -1.09. The fourth-order valence-corrected chi connectivity index (χ4v) is 1.44. The molecule has 0 amide bonds. The van der Waals surface area contributed by atoms with Crippen LogP contribution in [0.2, 0.25) is 0 Å². The molecule has 0 saturated heterocycles. The van der Waals surface area contributed by atoms with Crippen molar-refractivity contribution >= 4 is 11.8 Å². The van der Waals surface area contributed by atoms with E-state index in [2.05, 4.69) is 9.97 Å². The third kappa shape index (κ3) is 2.17. The zero-order chi connectivity index (χ0) is 13.3. The summed E-state index contributed by atoms with van der Waals surface area (Å²) in [5, 5.41) is 19.4. The summed E-state index contributed by atoms with van der Waals surface area (Å²) in [6.45, 7) is 1.64. The van der Waals surface area contributed by atoms with Gasteiger partial charge >= 0.3 is 11.8 Å². The van der Waals surface area contributed by atoms with Crippen molar-refractivity contribution in [1.29, 1.82) is 0 Å². The van der Waals surface area contributed by atoms with E-state index in [4.69, 9.17) is 5.11 Å². The Morgan fingerprint density at radius 3 is 2.78 bits per heavy atom. The summed E-state index contributed by atoms with van der Waals surface area (Å²) in [5.74, 6) is -1.14. The van der Waals surface area contributed by atoms with Crippen LogP contribution in [0.3, 0.4) is 0 Å². The van der Waals surface area contributed by atoms with Crippen LogP contribution in [0.25, 0.3) is 5.82 Å². The average molecular weight is 248 g/mol. The number of rotatable bonds is 3. The summed E-state index contributed by atoms with van der Waals surface area (Å²) in [4.78, 5) is 28.4. The van der Waals surface area contributed by atoms with Crippen LogP contribution in [-0.2, 0) is 0 Å². The van der Waals surface area contributed by atoms with E-state index in [0.29, 0.717) is 5.69 Å². The van der Waals surface area contributed by atoms with E-state index < -0.39 is 10.9 Å². The van der Waals surface area contributed by atoms with Crippen LogP contribution in [0.5, 0.6) is 0 Å². The highest BCUT2D eigenvalue weighted by Crippen LogP contribution is 2.13. The van der Waals surface area contributed by atoms with E-state index >= 15 is 0 Å². The van der Waals surface area contributed by atoms with Crippen LogP contribution in [0.15, 0.2) is 24.7 Å². The van der Waals surface area contributed by atoms with Gasteiger partial charge in [-0.05, 0) is 29.0 Å². The van der Waals surface area contributed by atoms with Crippen LogP contribution >= 0.6 is 0 Å². The van der Waals surface area contributed by atoms with Gasteiger partial charge in [-0.2, -0.15) is 0 Å². The highest BCUT2D eigenvalue weighted by atomic mass is 16.6. The highest BCUT2D eigenvalue weighted by molar-refractivity contribution is 5.88. The van der Waals surface area contributed by atoms with Gasteiger partial charge in [0.2, 0.25) is 6.33 Å². The predicted molar refractivity (Wildman–Crippen MR) is 59.7 cm³/mol. The van der Waals surface area contributed by atoms with Crippen LogP contribution in [0.1, 0.15) is 16.1 Å². The van der Waals surface area contributed by atoms with E-state index in [1.54, 1.807) is 6.92 Å². The second-order valence-electron chi connectivity index (χ2n) is 3.56. The second kappa shape index (κ2) is 4.24. The summed E-state index contributed by atoms with van der Waals surface area (Å²) in [6, 6.07) is 2.73. The topological polar surface area (TPSA) is 111 Å².